The Bertz CT molecular complexity index is 175. The van der Waals surface area contributed by atoms with Crippen LogP contribution in [0.4, 0.5) is 0 Å². The molecule has 0 rings (SSSR count). The Morgan fingerprint density at radius 3 is 0.556 bits per heavy atom. The fourth-order valence-corrected chi connectivity index (χ4v) is 0. The van der Waals surface area contributed by atoms with Crippen molar-refractivity contribution in [1.82, 2.24) is 0 Å². The van der Waals surface area contributed by atoms with E-state index < -0.39 is 0 Å². The maximum atomic E-state index is 4.66. The van der Waals surface area contributed by atoms with Gasteiger partial charge in [0.2, 0.25) is 0 Å². The molecule has 0 aromatic heterocycles. The Balaban J connectivity index is -0.0000000257. The molecule has 0 heterocycles. The van der Waals surface area contributed by atoms with Gasteiger partial charge in [-0.2, -0.15) is 0 Å². The van der Waals surface area contributed by atoms with E-state index in [4.69, 9.17) is 0 Å². The van der Waals surface area contributed by atoms with Gasteiger partial charge in [-0.15, -0.1) is 0 Å². The summed E-state index contributed by atoms with van der Waals surface area (Å²) in [6.45, 7) is 0. The van der Waals surface area contributed by atoms with E-state index in [1.165, 1.54) is 0 Å². The molecule has 0 spiro atoms. The molecule has 0 aliphatic heterocycles. The van der Waals surface area contributed by atoms with Gasteiger partial charge in [0.15, 0.2) is 0 Å². The summed E-state index contributed by atoms with van der Waals surface area (Å²) < 4.78 is 0.333. The normalized spacial score (nSPS) is 5.33. The molecule has 0 atom stereocenters. The van der Waals surface area contributed by atoms with Crippen LogP contribution in [0.25, 0.3) is 0 Å². The second-order valence-electron chi connectivity index (χ2n) is 1.28. The van der Waals surface area contributed by atoms with Gasteiger partial charge in [0.05, 0.1) is 0 Å². The van der Waals surface area contributed by atoms with Crippen LogP contribution in [0.5, 0.6) is 0 Å². The van der Waals surface area contributed by atoms with Gasteiger partial charge in [0.1, 0.15) is 0 Å². The van der Waals surface area contributed by atoms with Gasteiger partial charge in [-0.1, -0.05) is 17.3 Å². The van der Waals surface area contributed by atoms with Crippen molar-refractivity contribution in [3.8, 4) is 0 Å². The van der Waals surface area contributed by atoms with E-state index in [0.29, 0.717) is 0 Å². The van der Waals surface area contributed by atoms with Crippen LogP contribution in [0.3, 0.4) is 0 Å². The van der Waals surface area contributed by atoms with Gasteiger partial charge in [-0.25, -0.2) is 0 Å². The molecule has 0 aromatic rings. The second kappa shape index (κ2) is 31.1. The molecule has 0 aromatic carbocycles. The minimum atomic E-state index is 0. The number of thiocarbonyl (C=S) groups is 4. The molecule has 0 unspecified atom stereocenters. The van der Waals surface area contributed by atoms with Crippen molar-refractivity contribution >= 4 is 117 Å². The Morgan fingerprint density at radius 1 is 0.556 bits per heavy atom. The summed E-state index contributed by atoms with van der Waals surface area (Å²) in [4.78, 5) is 0. The smallest absolute Gasteiger partial charge is 0.415 e. The van der Waals surface area contributed by atoms with Crippen molar-refractivity contribution in [2.75, 3.05) is 0 Å². The van der Waals surface area contributed by atoms with Gasteiger partial charge in [-0.05, 0) is 0 Å². The van der Waals surface area contributed by atoms with Crippen molar-refractivity contribution < 1.29 is 33.6 Å². The summed E-state index contributed by atoms with van der Waals surface area (Å²) in [5, 5.41) is 0. The predicted octanol–water partition coefficient (Wildman–Crippen LogP) is -0.897. The van der Waals surface area contributed by atoms with Crippen LogP contribution < -0.4 is 22.9 Å². The van der Waals surface area contributed by atoms with Crippen LogP contribution in [0.2, 0.25) is 0 Å². The maximum absolute atomic E-state index is 4.66. The molecule has 0 fully saturated rings. The molecule has 0 bridgehead atoms. The molecule has 110 valence electrons. The first-order valence-corrected chi connectivity index (χ1v) is 6.05. The van der Waals surface area contributed by atoms with Crippen molar-refractivity contribution in [3.63, 3.8) is 0 Å². The van der Waals surface area contributed by atoms with Crippen LogP contribution in [-0.4, -0.2) is 17.3 Å². The molecule has 18 heavy (non-hydrogen) atoms. The zero-order valence-electron chi connectivity index (χ0n) is 8.25. The topological polar surface area (TPSA) is 104 Å². The molecule has 0 aliphatic rings. The Hall–Kier alpha value is 1.45. The first-order valence-electron chi connectivity index (χ1n) is 2.79. The largest absolute Gasteiger partial charge is 2.00 e. The molecule has 8 N–H and O–H groups in total. The number of nitrogens with two attached hydrogens (primary N) is 4. The molecule has 4 nitrogen and oxygen atoms in total. The van der Waals surface area contributed by atoms with Gasteiger partial charge >= 0.3 is 33.6 Å². The predicted molar refractivity (Wildman–Crippen MR) is 96.6 cm³/mol. The number of hydrogen-bond donors (Lipinski definition) is 4. The van der Waals surface area contributed by atoms with Crippen LogP contribution in [0, 0.1) is 0 Å². The average Bonchev–Trinajstić information content (AvgIpc) is 1.76. The van der Waals surface area contributed by atoms with Crippen LogP contribution in [-0.2, 0) is 84.1 Å². The standard InChI is InChI=1S/4CH3NS2.Fe.Ni/c4*2-1(3)4;;/h4*(H3,2,3,4);;/q;;;;2*+2/p-4. The molecule has 0 amide bonds. The van der Waals surface area contributed by atoms with Crippen molar-refractivity contribution in [1.29, 1.82) is 0 Å². The van der Waals surface area contributed by atoms with E-state index in [1.807, 2.05) is 0 Å². The van der Waals surface area contributed by atoms with Crippen molar-refractivity contribution in [2.24, 2.45) is 22.9 Å². The third-order valence-electron chi connectivity index (χ3n) is 0. The van der Waals surface area contributed by atoms with Gasteiger partial charge in [0.25, 0.3) is 0 Å². The fourth-order valence-electron chi connectivity index (χ4n) is 0. The number of hydrogen-bond acceptors (Lipinski definition) is 8. The zero-order valence-corrected chi connectivity index (χ0v) is 16.9. The average molecular weight is 483 g/mol. The molecule has 0 saturated carbocycles. The van der Waals surface area contributed by atoms with E-state index >= 15 is 0 Å². The minimum Gasteiger partial charge on any atom is -0.415 e. The Kier molecular flexibility index (Phi) is 63.2. The summed E-state index contributed by atoms with van der Waals surface area (Å²) in [5.74, 6) is 0. The molecule has 0 saturated heterocycles. The Labute approximate surface area is 171 Å². The SMILES string of the molecule is NC(=S)[S-].NC(=S)[S-].NC(=S)[S-].NC(=S)[S-].[Fe+2].[Ni+2]. The van der Waals surface area contributed by atoms with Crippen molar-refractivity contribution in [3.05, 3.63) is 0 Å². The van der Waals surface area contributed by atoms with Crippen molar-refractivity contribution in [2.45, 2.75) is 0 Å². The molecular weight excluding hydrogens is 475 g/mol. The van der Waals surface area contributed by atoms with Gasteiger partial charge < -0.3 is 122 Å². The summed E-state index contributed by atoms with van der Waals surface area (Å²) in [7, 11) is 0. The zero-order chi connectivity index (χ0) is 14.3. The molecule has 14 heteroatoms. The van der Waals surface area contributed by atoms with E-state index in [1.54, 1.807) is 0 Å². The van der Waals surface area contributed by atoms with Crippen LogP contribution in [0.15, 0.2) is 0 Å². The van der Waals surface area contributed by atoms with E-state index in [9.17, 15) is 0 Å². The summed E-state index contributed by atoms with van der Waals surface area (Å²) in [6.07, 6.45) is 0. The van der Waals surface area contributed by atoms with Crippen LogP contribution >= 0.6 is 48.9 Å². The monoisotopic (exact) mass is 482 g/mol. The van der Waals surface area contributed by atoms with Gasteiger partial charge in [0, 0.05) is 0 Å². The van der Waals surface area contributed by atoms with Crippen LogP contribution in [0.1, 0.15) is 0 Å². The van der Waals surface area contributed by atoms with E-state index in [-0.39, 0.29) is 50.8 Å². The Morgan fingerprint density at radius 2 is 0.556 bits per heavy atom. The molecular formula is C4H8FeN4NiS8. The summed E-state index contributed by atoms with van der Waals surface area (Å²) >= 11 is 33.0. The molecule has 0 radical (unpaired) electrons. The summed E-state index contributed by atoms with van der Waals surface area (Å²) in [5.41, 5.74) is 18.6. The first-order chi connectivity index (χ1) is 6.93. The molecule has 0 aliphatic carbocycles. The number of rotatable bonds is 0. The van der Waals surface area contributed by atoms with E-state index in [2.05, 4.69) is 122 Å². The summed E-state index contributed by atoms with van der Waals surface area (Å²) in [6, 6.07) is 0. The first kappa shape index (κ1) is 36.6. The quantitative estimate of drug-likeness (QED) is 0.195. The third-order valence-corrected chi connectivity index (χ3v) is 0. The second-order valence-corrected chi connectivity index (χ2v) is 5.83. The van der Waals surface area contributed by atoms with Gasteiger partial charge in [-0.3, -0.25) is 0 Å². The minimum absolute atomic E-state index is 0. The fraction of sp³-hybridized carbons (Fsp3) is 0. The third kappa shape index (κ3) is 2240. The maximum Gasteiger partial charge on any atom is 2.00 e. The van der Waals surface area contributed by atoms with E-state index in [0.717, 1.165) is 0 Å².